The fraction of sp³-hybridized carbons (Fsp3) is 0.478. The van der Waals surface area contributed by atoms with E-state index in [1.807, 2.05) is 5.38 Å². The van der Waals surface area contributed by atoms with Crippen molar-refractivity contribution in [2.24, 2.45) is 23.7 Å². The molecule has 0 aromatic carbocycles. The van der Waals surface area contributed by atoms with Crippen molar-refractivity contribution >= 4 is 34.2 Å². The van der Waals surface area contributed by atoms with Crippen molar-refractivity contribution in [3.63, 3.8) is 0 Å². The summed E-state index contributed by atoms with van der Waals surface area (Å²) in [6.45, 7) is 7.04. The number of nitrogens with one attached hydrogen (secondary N) is 1. The SMILES string of the molecule is CCCn1c(C)cc(-c2csc(NC(=O)CN3C(=O)[C@H]4[C@H](C3=O)[C@H]3C=C[C@H]4C3)n2)c1C. The molecule has 5 rings (SSSR count). The first-order chi connectivity index (χ1) is 14.9. The number of rotatable bonds is 6. The van der Waals surface area contributed by atoms with E-state index in [1.54, 1.807) is 0 Å². The quantitative estimate of drug-likeness (QED) is 0.554. The van der Waals surface area contributed by atoms with Gasteiger partial charge >= 0.3 is 0 Å². The minimum absolute atomic E-state index is 0.146. The molecule has 7 nitrogen and oxygen atoms in total. The topological polar surface area (TPSA) is 84.3 Å². The number of carbonyl (C=O) groups excluding carboxylic acids is 3. The van der Waals surface area contributed by atoms with Gasteiger partial charge in [0.05, 0.1) is 17.5 Å². The number of aryl methyl sites for hydroxylation is 1. The molecule has 0 spiro atoms. The van der Waals surface area contributed by atoms with Crippen LogP contribution in [0.1, 0.15) is 31.2 Å². The molecular weight excluding hydrogens is 412 g/mol. The molecule has 1 saturated heterocycles. The predicted molar refractivity (Wildman–Crippen MR) is 118 cm³/mol. The second-order valence-corrected chi connectivity index (χ2v) is 9.64. The summed E-state index contributed by atoms with van der Waals surface area (Å²) in [5, 5.41) is 5.17. The Bertz CT molecular complexity index is 1080. The van der Waals surface area contributed by atoms with Crippen molar-refractivity contribution in [2.45, 2.75) is 40.2 Å². The van der Waals surface area contributed by atoms with Crippen LogP contribution in [-0.4, -0.2) is 38.7 Å². The van der Waals surface area contributed by atoms with Crippen LogP contribution in [0.4, 0.5) is 5.13 Å². The van der Waals surface area contributed by atoms with E-state index >= 15 is 0 Å². The van der Waals surface area contributed by atoms with Gasteiger partial charge in [-0.1, -0.05) is 19.1 Å². The van der Waals surface area contributed by atoms with E-state index in [9.17, 15) is 14.4 Å². The lowest BCUT2D eigenvalue weighted by Gasteiger charge is -2.16. The van der Waals surface area contributed by atoms with Gasteiger partial charge in [-0.15, -0.1) is 11.3 Å². The molecule has 4 atom stereocenters. The standard InChI is InChI=1S/C23H26N4O3S/c1-4-7-26-12(2)8-16(13(26)3)17-11-31-23(24-17)25-18(28)10-27-21(29)19-14-5-6-15(9-14)20(19)22(27)30/h5-6,8,11,14-15,19-20H,4,7,9-10H2,1-3H3,(H,24,25,28)/t14-,15-,19+,20+/m0/s1. The summed E-state index contributed by atoms with van der Waals surface area (Å²) in [5.74, 6) is -1.06. The van der Waals surface area contributed by atoms with E-state index in [4.69, 9.17) is 0 Å². The summed E-state index contributed by atoms with van der Waals surface area (Å²) < 4.78 is 2.27. The maximum absolute atomic E-state index is 12.8. The molecule has 31 heavy (non-hydrogen) atoms. The first-order valence-electron chi connectivity index (χ1n) is 10.8. The zero-order valence-electron chi connectivity index (χ0n) is 17.9. The minimum atomic E-state index is -0.390. The smallest absolute Gasteiger partial charge is 0.246 e. The van der Waals surface area contributed by atoms with Gasteiger partial charge in [0.15, 0.2) is 5.13 Å². The van der Waals surface area contributed by atoms with Crippen LogP contribution < -0.4 is 5.32 Å². The number of allylic oxidation sites excluding steroid dienone is 2. The largest absolute Gasteiger partial charge is 0.348 e. The van der Waals surface area contributed by atoms with Crippen molar-refractivity contribution in [3.05, 3.63) is 35.0 Å². The molecule has 1 aliphatic heterocycles. The third-order valence-electron chi connectivity index (χ3n) is 6.91. The number of thiazole rings is 1. The highest BCUT2D eigenvalue weighted by Gasteiger charge is 2.59. The van der Waals surface area contributed by atoms with Gasteiger partial charge in [-0.05, 0) is 44.6 Å². The third-order valence-corrected chi connectivity index (χ3v) is 7.67. The fourth-order valence-electron chi connectivity index (χ4n) is 5.51. The molecule has 2 aromatic rings. The highest BCUT2D eigenvalue weighted by molar-refractivity contribution is 7.14. The Kier molecular flexibility index (Phi) is 4.84. The van der Waals surface area contributed by atoms with Gasteiger partial charge in [0.1, 0.15) is 6.54 Å². The van der Waals surface area contributed by atoms with Gasteiger partial charge in [-0.3, -0.25) is 19.3 Å². The second kappa shape index (κ2) is 7.44. The van der Waals surface area contributed by atoms with E-state index in [1.165, 1.54) is 17.0 Å². The predicted octanol–water partition coefficient (Wildman–Crippen LogP) is 3.38. The van der Waals surface area contributed by atoms with E-state index in [-0.39, 0.29) is 47.9 Å². The van der Waals surface area contributed by atoms with Crippen molar-refractivity contribution < 1.29 is 14.4 Å². The van der Waals surface area contributed by atoms with Crippen molar-refractivity contribution in [1.82, 2.24) is 14.5 Å². The maximum atomic E-state index is 12.8. The lowest BCUT2D eigenvalue weighted by Crippen LogP contribution is -2.39. The molecule has 1 N–H and O–H groups in total. The molecule has 3 heterocycles. The van der Waals surface area contributed by atoms with Gasteiger partial charge in [0, 0.05) is 28.9 Å². The molecule has 2 aromatic heterocycles. The summed E-state index contributed by atoms with van der Waals surface area (Å²) in [5.41, 5.74) is 4.23. The first kappa shape index (κ1) is 20.2. The second-order valence-electron chi connectivity index (χ2n) is 8.79. The molecule has 2 bridgehead atoms. The molecule has 2 fully saturated rings. The van der Waals surface area contributed by atoms with E-state index in [0.29, 0.717) is 5.13 Å². The van der Waals surface area contributed by atoms with Crippen LogP contribution in [0.15, 0.2) is 23.6 Å². The summed E-state index contributed by atoms with van der Waals surface area (Å²) in [6, 6.07) is 2.12. The Labute approximate surface area is 185 Å². The van der Waals surface area contributed by atoms with E-state index < -0.39 is 0 Å². The average molecular weight is 439 g/mol. The molecule has 3 amide bonds. The van der Waals surface area contributed by atoms with Crippen molar-refractivity contribution in [2.75, 3.05) is 11.9 Å². The Balaban J connectivity index is 1.27. The van der Waals surface area contributed by atoms with Crippen molar-refractivity contribution in [3.8, 4) is 11.3 Å². The Hall–Kier alpha value is -2.74. The van der Waals surface area contributed by atoms with Crippen LogP contribution in [0.5, 0.6) is 0 Å². The summed E-state index contributed by atoms with van der Waals surface area (Å²) in [7, 11) is 0. The number of aromatic nitrogens is 2. The first-order valence-corrected chi connectivity index (χ1v) is 11.7. The fourth-order valence-corrected chi connectivity index (χ4v) is 6.23. The third kappa shape index (κ3) is 3.15. The monoisotopic (exact) mass is 438 g/mol. The molecule has 2 aliphatic carbocycles. The Morgan fingerprint density at radius 2 is 1.87 bits per heavy atom. The van der Waals surface area contributed by atoms with Crippen LogP contribution in [0.3, 0.4) is 0 Å². The number of imide groups is 1. The number of hydrogen-bond acceptors (Lipinski definition) is 5. The van der Waals surface area contributed by atoms with Crippen LogP contribution in [0.25, 0.3) is 11.3 Å². The molecule has 3 aliphatic rings. The van der Waals surface area contributed by atoms with Crippen LogP contribution in [-0.2, 0) is 20.9 Å². The zero-order chi connectivity index (χ0) is 21.9. The Morgan fingerprint density at radius 1 is 1.19 bits per heavy atom. The van der Waals surface area contributed by atoms with Gasteiger partial charge in [-0.25, -0.2) is 4.98 Å². The van der Waals surface area contributed by atoms with Crippen LogP contribution in [0.2, 0.25) is 0 Å². The lowest BCUT2D eigenvalue weighted by molar-refractivity contribution is -0.143. The van der Waals surface area contributed by atoms with Gasteiger partial charge in [0.2, 0.25) is 17.7 Å². The zero-order valence-corrected chi connectivity index (χ0v) is 18.7. The molecule has 0 radical (unpaired) electrons. The van der Waals surface area contributed by atoms with Gasteiger partial charge in [0.25, 0.3) is 0 Å². The summed E-state index contributed by atoms with van der Waals surface area (Å²) in [4.78, 5) is 43.9. The lowest BCUT2D eigenvalue weighted by atomic mass is 9.85. The number of fused-ring (bicyclic) bond motifs is 5. The highest BCUT2D eigenvalue weighted by Crippen LogP contribution is 2.52. The van der Waals surface area contributed by atoms with E-state index in [2.05, 4.69) is 53.9 Å². The molecule has 8 heteroatoms. The highest BCUT2D eigenvalue weighted by atomic mass is 32.1. The van der Waals surface area contributed by atoms with E-state index in [0.717, 1.165) is 41.2 Å². The molecule has 0 unspecified atom stereocenters. The van der Waals surface area contributed by atoms with Crippen molar-refractivity contribution in [1.29, 1.82) is 0 Å². The number of amides is 3. The maximum Gasteiger partial charge on any atom is 0.246 e. The summed E-state index contributed by atoms with van der Waals surface area (Å²) >= 11 is 1.35. The Morgan fingerprint density at radius 3 is 2.52 bits per heavy atom. The number of carbonyl (C=O) groups is 3. The molecular formula is C23H26N4O3S. The number of nitrogens with zero attached hydrogens (tertiary/aromatic N) is 3. The minimum Gasteiger partial charge on any atom is -0.348 e. The average Bonchev–Trinajstić information content (AvgIpc) is 3.54. The number of anilines is 1. The normalized spacial score (nSPS) is 26.2. The molecule has 162 valence electrons. The molecule has 1 saturated carbocycles. The van der Waals surface area contributed by atoms with Gasteiger partial charge < -0.3 is 9.88 Å². The van der Waals surface area contributed by atoms with Crippen LogP contribution >= 0.6 is 11.3 Å². The number of likely N-dealkylation sites (tertiary alicyclic amines) is 1. The van der Waals surface area contributed by atoms with Crippen LogP contribution in [0, 0.1) is 37.5 Å². The summed E-state index contributed by atoms with van der Waals surface area (Å²) in [6.07, 6.45) is 6.04. The number of hydrogen-bond donors (Lipinski definition) is 1. The van der Waals surface area contributed by atoms with Gasteiger partial charge in [-0.2, -0.15) is 0 Å².